The number of ether oxygens (including phenoxy) is 3. The number of aliphatic hydroxyl groups excluding tert-OH is 1. The van der Waals surface area contributed by atoms with Gasteiger partial charge in [-0.15, -0.1) is 0 Å². The first kappa shape index (κ1) is 44.0. The van der Waals surface area contributed by atoms with Crippen LogP contribution < -0.4 is 20.7 Å². The molecular formula is C44H53BrFN3O11S. The lowest BCUT2D eigenvalue weighted by atomic mass is 9.46. The number of nitrogens with one attached hydrogen (secondary N) is 3. The van der Waals surface area contributed by atoms with Crippen molar-refractivity contribution in [2.45, 2.75) is 120 Å². The third kappa shape index (κ3) is 7.88. The number of carbonyl (C=O) groups is 6. The summed E-state index contributed by atoms with van der Waals surface area (Å²) in [4.78, 5) is 74.4. The molecule has 0 radical (unpaired) electrons. The highest BCUT2D eigenvalue weighted by atomic mass is 79.9. The van der Waals surface area contributed by atoms with Crippen LogP contribution in [-0.4, -0.2) is 98.7 Å². The number of fused-ring (bicyclic) bond motifs is 7. The predicted octanol–water partition coefficient (Wildman–Crippen LogP) is 4.58. The molecule has 1 aliphatic heterocycles. The average molecular weight is 931 g/mol. The van der Waals surface area contributed by atoms with Gasteiger partial charge in [0.2, 0.25) is 22.8 Å². The number of amides is 3. The van der Waals surface area contributed by atoms with Crippen LogP contribution >= 0.6 is 27.7 Å². The molecule has 1 aromatic rings. The molecule has 0 unspecified atom stereocenters. The third-order valence-corrected chi connectivity index (χ3v) is 16.3. The van der Waals surface area contributed by atoms with Gasteiger partial charge in [-0.2, -0.15) is 0 Å². The quantitative estimate of drug-likeness (QED) is 0.163. The van der Waals surface area contributed by atoms with Gasteiger partial charge < -0.3 is 40.4 Å². The fourth-order valence-electron chi connectivity index (χ4n) is 12.3. The number of carbonyl (C=O) groups excluding carboxylic acids is 5. The van der Waals surface area contributed by atoms with Crippen molar-refractivity contribution in [3.8, 4) is 5.75 Å². The Kier molecular flexibility index (Phi) is 12.1. The number of rotatable bonds is 14. The van der Waals surface area contributed by atoms with Gasteiger partial charge in [0.25, 0.3) is 0 Å². The molecule has 14 nitrogen and oxygen atoms in total. The van der Waals surface area contributed by atoms with Gasteiger partial charge in [0.05, 0.1) is 30.2 Å². The number of aliphatic carboxylic acids is 1. The fourth-order valence-corrected chi connectivity index (χ4v) is 13.3. The highest BCUT2D eigenvalue weighted by molar-refractivity contribution is 9.09. The molecule has 0 aromatic heterocycles. The smallest absolute Gasteiger partial charge is 0.303 e. The second-order valence-electron chi connectivity index (χ2n) is 18.6. The van der Waals surface area contributed by atoms with Crippen molar-refractivity contribution in [2.75, 3.05) is 17.9 Å². The van der Waals surface area contributed by atoms with Gasteiger partial charge in [-0.1, -0.05) is 65.3 Å². The molecule has 17 heteroatoms. The van der Waals surface area contributed by atoms with Gasteiger partial charge in [-0.3, -0.25) is 28.8 Å². The molecule has 61 heavy (non-hydrogen) atoms. The number of halogens is 2. The first-order valence-corrected chi connectivity index (χ1v) is 23.2. The number of thioether (sulfide) groups is 1. The number of carboxylic acids is 1. The summed E-state index contributed by atoms with van der Waals surface area (Å²) in [5.41, 5.74) is -1.01. The normalized spacial score (nSPS) is 38.3. The number of aliphatic hydroxyl groups is 1. The number of carboxylic acid groups (broad SMARTS) is 1. The summed E-state index contributed by atoms with van der Waals surface area (Å²) in [6.07, 6.45) is 7.87. The standard InChI is InChI=1S/C44H53BrFN3O11S/c1-41-12-11-26(50)13-24(41)5-8-29-30-14-33-44(40(57)61-22-46,42(30,2)19-32(51)37(29)41)60-39(59-33)23-3-6-27(7-4-23)58-28-17-43(18-28)15-25(16-43)48-38(56)31(9-10-36(54)55)49-35(53)21-47-34(52)20-45/h3-4,6-7,11-13,25,28-33,37,39,51H,5,8-10,14-22H2,1-2H3,(H,47,52)(H,48,56)(H,49,53)(H,54,55)/t25?,28?,29-,30-,31-,32-,33+,37+,39+,41-,42-,43?,44-/m0/s1. The molecule has 330 valence electrons. The van der Waals surface area contributed by atoms with E-state index in [4.69, 9.17) is 19.3 Å². The third-order valence-electron chi connectivity index (χ3n) is 15.1. The number of hydrogen-bond acceptors (Lipinski definition) is 11. The Bertz CT molecular complexity index is 2020. The predicted molar refractivity (Wildman–Crippen MR) is 223 cm³/mol. The molecule has 1 spiro atoms. The van der Waals surface area contributed by atoms with Crippen molar-refractivity contribution < 1.29 is 57.6 Å². The SMILES string of the molecule is C[C@]12C=CC(=O)C=C1CC[C@@H]1[C@@H]2[C@@H](O)C[C@@]2(C)[C@H]1C[C@H]1O[C@@H](c3ccc(OC4CC5(CC(NC(=O)[C@H](CCC(=O)O)NC(=O)CNC(=O)CBr)C5)C4)cc3)O[C@]12C(=O)SCF. The monoisotopic (exact) mass is 929 g/mol. The van der Waals surface area contributed by atoms with Crippen molar-refractivity contribution in [3.63, 3.8) is 0 Å². The van der Waals surface area contributed by atoms with Crippen molar-refractivity contribution in [2.24, 2.45) is 34.0 Å². The Hall–Kier alpha value is -3.64. The zero-order valence-electron chi connectivity index (χ0n) is 34.2. The molecule has 7 aliphatic rings. The minimum atomic E-state index is -1.46. The lowest BCUT2D eigenvalue weighted by Gasteiger charge is -2.59. The zero-order valence-corrected chi connectivity index (χ0v) is 36.6. The molecular weight excluding hydrogens is 877 g/mol. The molecule has 1 saturated heterocycles. The van der Waals surface area contributed by atoms with E-state index in [9.17, 15) is 38.3 Å². The fraction of sp³-hybridized carbons (Fsp3) is 0.636. The summed E-state index contributed by atoms with van der Waals surface area (Å²) >= 11 is 3.59. The van der Waals surface area contributed by atoms with Crippen LogP contribution in [-0.2, 0) is 38.2 Å². The van der Waals surface area contributed by atoms with Crippen LogP contribution in [0.15, 0.2) is 48.1 Å². The van der Waals surface area contributed by atoms with E-state index in [1.807, 2.05) is 37.3 Å². The maximum Gasteiger partial charge on any atom is 0.303 e. The molecule has 0 bridgehead atoms. The van der Waals surface area contributed by atoms with E-state index >= 15 is 0 Å². The maximum atomic E-state index is 14.1. The Balaban J connectivity index is 0.861. The van der Waals surface area contributed by atoms with Gasteiger partial charge >= 0.3 is 5.97 Å². The van der Waals surface area contributed by atoms with Crippen LogP contribution in [0.5, 0.6) is 5.75 Å². The van der Waals surface area contributed by atoms with Gasteiger partial charge in [0.15, 0.2) is 17.7 Å². The van der Waals surface area contributed by atoms with Gasteiger partial charge in [0.1, 0.15) is 17.8 Å². The second kappa shape index (κ2) is 16.8. The molecule has 10 atom stereocenters. The van der Waals surface area contributed by atoms with E-state index in [0.29, 0.717) is 29.5 Å². The molecule has 6 aliphatic carbocycles. The summed E-state index contributed by atoms with van der Waals surface area (Å²) in [6.45, 7) is 3.77. The van der Waals surface area contributed by atoms with E-state index in [-0.39, 0.29) is 72.2 Å². The maximum absolute atomic E-state index is 14.1. The number of allylic oxidation sites excluding steroid dienone is 4. The van der Waals surface area contributed by atoms with E-state index in [1.54, 1.807) is 12.2 Å². The molecule has 1 aromatic carbocycles. The molecule has 8 rings (SSSR count). The van der Waals surface area contributed by atoms with Gasteiger partial charge in [0, 0.05) is 34.8 Å². The van der Waals surface area contributed by atoms with Crippen molar-refractivity contribution in [3.05, 3.63) is 53.6 Å². The lowest BCUT2D eigenvalue weighted by Crippen LogP contribution is -2.62. The number of ketones is 1. The van der Waals surface area contributed by atoms with E-state index < -0.39 is 75.8 Å². The molecule has 3 amide bonds. The average Bonchev–Trinajstić information content (AvgIpc) is 3.70. The molecule has 5 N–H and O–H groups in total. The van der Waals surface area contributed by atoms with Gasteiger partial charge in [-0.25, -0.2) is 4.39 Å². The van der Waals surface area contributed by atoms with Crippen LogP contribution in [0.2, 0.25) is 0 Å². The molecule has 6 fully saturated rings. The van der Waals surface area contributed by atoms with Crippen LogP contribution in [0.3, 0.4) is 0 Å². The first-order chi connectivity index (χ1) is 29.0. The lowest BCUT2D eigenvalue weighted by molar-refractivity contribution is -0.194. The zero-order chi connectivity index (χ0) is 43.5. The van der Waals surface area contributed by atoms with Crippen molar-refractivity contribution in [1.29, 1.82) is 0 Å². The van der Waals surface area contributed by atoms with Crippen molar-refractivity contribution in [1.82, 2.24) is 16.0 Å². The summed E-state index contributed by atoms with van der Waals surface area (Å²) in [7, 11) is 0. The minimum absolute atomic E-state index is 0.0183. The Morgan fingerprint density at radius 3 is 2.49 bits per heavy atom. The minimum Gasteiger partial charge on any atom is -0.490 e. The highest BCUT2D eigenvalue weighted by Gasteiger charge is 2.76. The topological polar surface area (TPSA) is 207 Å². The summed E-state index contributed by atoms with van der Waals surface area (Å²) in [5.74, 6) is -2.05. The van der Waals surface area contributed by atoms with Crippen molar-refractivity contribution >= 4 is 62.3 Å². The van der Waals surface area contributed by atoms with Crippen LogP contribution in [0, 0.1) is 34.0 Å². The van der Waals surface area contributed by atoms with Crippen LogP contribution in [0.25, 0.3) is 0 Å². The van der Waals surface area contributed by atoms with E-state index in [2.05, 4.69) is 38.8 Å². The Morgan fingerprint density at radius 1 is 1.07 bits per heavy atom. The first-order valence-electron chi connectivity index (χ1n) is 21.1. The van der Waals surface area contributed by atoms with E-state index in [1.165, 1.54) is 0 Å². The summed E-state index contributed by atoms with van der Waals surface area (Å²) in [6, 6.07) is 5.29. The van der Waals surface area contributed by atoms with E-state index in [0.717, 1.165) is 44.1 Å². The molecule has 1 heterocycles. The Labute approximate surface area is 366 Å². The second-order valence-corrected chi connectivity index (χ2v) is 20.0. The molecule has 5 saturated carbocycles. The highest BCUT2D eigenvalue weighted by Crippen LogP contribution is 2.71. The van der Waals surface area contributed by atoms with Crippen LogP contribution in [0.1, 0.15) is 89.9 Å². The number of hydrogen-bond donors (Lipinski definition) is 5. The number of benzene rings is 1. The summed E-state index contributed by atoms with van der Waals surface area (Å²) in [5, 5.41) is 28.6. The van der Waals surface area contributed by atoms with Gasteiger partial charge in [-0.05, 0) is 99.3 Å². The van der Waals surface area contributed by atoms with Crippen LogP contribution in [0.4, 0.5) is 4.39 Å². The Morgan fingerprint density at radius 2 is 1.80 bits per heavy atom. The summed E-state index contributed by atoms with van der Waals surface area (Å²) < 4.78 is 33.6. The largest absolute Gasteiger partial charge is 0.490 e. The number of alkyl halides is 2.